The van der Waals surface area contributed by atoms with Crippen molar-refractivity contribution in [2.45, 2.75) is 84.3 Å². The second-order valence-corrected chi connectivity index (χ2v) is 10.6. The van der Waals surface area contributed by atoms with E-state index in [2.05, 4.69) is 13.8 Å². The minimum absolute atomic E-state index is 0.0474. The molecular weight excluding hydrogens is 328 g/mol. The van der Waals surface area contributed by atoms with Crippen molar-refractivity contribution in [1.82, 2.24) is 0 Å². The summed E-state index contributed by atoms with van der Waals surface area (Å²) in [6, 6.07) is 0. The molecule has 4 aliphatic carbocycles. The molecule has 4 nitrogen and oxygen atoms in total. The van der Waals surface area contributed by atoms with Crippen LogP contribution in [0.3, 0.4) is 0 Å². The van der Waals surface area contributed by atoms with Crippen LogP contribution in [0.1, 0.15) is 72.1 Å². The number of carbonyl (C=O) groups excluding carboxylic acids is 1. The Morgan fingerprint density at radius 1 is 1.04 bits per heavy atom. The molecule has 0 aliphatic heterocycles. The number of fused-ring (bicyclic) bond motifs is 5. The third-order valence-corrected chi connectivity index (χ3v) is 9.93. The minimum atomic E-state index is -0.515. The van der Waals surface area contributed by atoms with Crippen molar-refractivity contribution in [2.24, 2.45) is 39.9 Å². The van der Waals surface area contributed by atoms with Crippen LogP contribution < -0.4 is 0 Å². The Morgan fingerprint density at radius 3 is 2.46 bits per heavy atom. The van der Waals surface area contributed by atoms with Crippen LogP contribution in [0.5, 0.6) is 0 Å². The summed E-state index contributed by atoms with van der Waals surface area (Å²) in [4.78, 5) is 12.6. The van der Waals surface area contributed by atoms with Gasteiger partial charge in [0.25, 0.3) is 0 Å². The van der Waals surface area contributed by atoms with Crippen LogP contribution in [0.4, 0.5) is 0 Å². The van der Waals surface area contributed by atoms with Gasteiger partial charge in [-0.05, 0) is 85.9 Å². The summed E-state index contributed by atoms with van der Waals surface area (Å²) in [5.74, 6) is 1.68. The normalized spacial score (nSPS) is 56.4. The van der Waals surface area contributed by atoms with Crippen molar-refractivity contribution in [1.29, 1.82) is 0 Å². The van der Waals surface area contributed by atoms with Crippen LogP contribution in [0.15, 0.2) is 0 Å². The van der Waals surface area contributed by atoms with Crippen LogP contribution in [0, 0.1) is 39.9 Å². The average Bonchev–Trinajstić information content (AvgIpc) is 2.86. The minimum Gasteiger partial charge on any atom is -0.393 e. The van der Waals surface area contributed by atoms with Crippen LogP contribution in [0.2, 0.25) is 0 Å². The lowest BCUT2D eigenvalue weighted by molar-refractivity contribution is -0.188. The summed E-state index contributed by atoms with van der Waals surface area (Å²) in [5, 5.41) is 31.0. The first-order chi connectivity index (χ1) is 12.2. The largest absolute Gasteiger partial charge is 0.393 e. The highest BCUT2D eigenvalue weighted by Crippen LogP contribution is 2.70. The summed E-state index contributed by atoms with van der Waals surface area (Å²) >= 11 is 0. The van der Waals surface area contributed by atoms with E-state index >= 15 is 0 Å². The molecule has 0 spiro atoms. The highest BCUT2D eigenvalue weighted by molar-refractivity contribution is 5.86. The maximum Gasteiger partial charge on any atom is 0.164 e. The Bertz CT molecular complexity index is 591. The van der Waals surface area contributed by atoms with Crippen molar-refractivity contribution in [3.8, 4) is 0 Å². The van der Waals surface area contributed by atoms with Gasteiger partial charge in [0, 0.05) is 5.41 Å². The van der Waals surface area contributed by atoms with Crippen LogP contribution >= 0.6 is 0 Å². The molecule has 0 aromatic rings. The number of hydrogen-bond acceptors (Lipinski definition) is 4. The molecule has 4 fully saturated rings. The first-order valence-corrected chi connectivity index (χ1v) is 10.7. The number of ketones is 1. The fraction of sp³-hybridized carbons (Fsp3) is 0.955. The van der Waals surface area contributed by atoms with Gasteiger partial charge in [0.2, 0.25) is 0 Å². The molecule has 148 valence electrons. The van der Waals surface area contributed by atoms with Gasteiger partial charge in [0.1, 0.15) is 6.61 Å². The Morgan fingerprint density at radius 2 is 1.77 bits per heavy atom. The number of hydrogen-bond donors (Lipinski definition) is 3. The van der Waals surface area contributed by atoms with E-state index in [9.17, 15) is 20.1 Å². The second kappa shape index (κ2) is 6.02. The third kappa shape index (κ3) is 2.28. The predicted octanol–water partition coefficient (Wildman–Crippen LogP) is 2.93. The molecule has 4 heteroatoms. The molecule has 0 unspecified atom stereocenters. The summed E-state index contributed by atoms with van der Waals surface area (Å²) in [6.45, 7) is 6.21. The lowest BCUT2D eigenvalue weighted by atomic mass is 9.42. The standard InChI is InChI=1S/C22H36O4/c1-20-8-6-14(24)10-13(20)4-5-15-16-7-9-21(2,18(26)12-23)22(16,3)11-17(25)19(15)20/h13-17,19,23-25H,4-12H2,1-3H3/t13-,14-,15+,16+,17+,19-,20+,21-,22+/m1/s1. The molecule has 0 radical (unpaired) electrons. The van der Waals surface area contributed by atoms with Gasteiger partial charge in [-0.2, -0.15) is 0 Å². The van der Waals surface area contributed by atoms with Gasteiger partial charge in [0.15, 0.2) is 5.78 Å². The summed E-state index contributed by atoms with van der Waals surface area (Å²) in [7, 11) is 0. The molecule has 0 saturated heterocycles. The van der Waals surface area contributed by atoms with E-state index in [0.29, 0.717) is 30.1 Å². The first kappa shape index (κ1) is 18.9. The SMILES string of the molecule is C[C@]12CC[C@@H](O)C[C@H]1CC[C@@H]1[C@@H]2[C@@H](O)C[C@@]2(C)[C@H]1CC[C@]2(C)C(=O)CO. The van der Waals surface area contributed by atoms with E-state index in [-0.39, 0.29) is 35.4 Å². The van der Waals surface area contributed by atoms with Crippen LogP contribution in [0.25, 0.3) is 0 Å². The second-order valence-electron chi connectivity index (χ2n) is 10.6. The number of aliphatic hydroxyl groups excluding tert-OH is 3. The van der Waals surface area contributed by atoms with E-state index < -0.39 is 5.41 Å². The van der Waals surface area contributed by atoms with E-state index in [4.69, 9.17) is 0 Å². The fourth-order valence-corrected chi connectivity index (χ4v) is 8.24. The van der Waals surface area contributed by atoms with Gasteiger partial charge in [-0.3, -0.25) is 4.79 Å². The molecular formula is C22H36O4. The lowest BCUT2D eigenvalue weighted by Crippen LogP contribution is -2.61. The monoisotopic (exact) mass is 364 g/mol. The van der Waals surface area contributed by atoms with Crippen molar-refractivity contribution >= 4 is 5.78 Å². The van der Waals surface area contributed by atoms with E-state index in [1.165, 1.54) is 0 Å². The van der Waals surface area contributed by atoms with E-state index in [0.717, 1.165) is 44.9 Å². The maximum absolute atomic E-state index is 12.6. The predicted molar refractivity (Wildman–Crippen MR) is 99.3 cm³/mol. The quantitative estimate of drug-likeness (QED) is 0.704. The Hall–Kier alpha value is -0.450. The molecule has 3 N–H and O–H groups in total. The van der Waals surface area contributed by atoms with Crippen LogP contribution in [-0.4, -0.2) is 39.9 Å². The van der Waals surface area contributed by atoms with Crippen molar-refractivity contribution < 1.29 is 20.1 Å². The van der Waals surface area contributed by atoms with Gasteiger partial charge < -0.3 is 15.3 Å². The van der Waals surface area contributed by atoms with Gasteiger partial charge in [-0.15, -0.1) is 0 Å². The molecule has 0 aromatic carbocycles. The van der Waals surface area contributed by atoms with E-state index in [1.807, 2.05) is 6.92 Å². The number of aliphatic hydroxyl groups is 3. The van der Waals surface area contributed by atoms with Crippen LogP contribution in [-0.2, 0) is 4.79 Å². The van der Waals surface area contributed by atoms with E-state index in [1.54, 1.807) is 0 Å². The Kier molecular flexibility index (Phi) is 4.38. The summed E-state index contributed by atoms with van der Waals surface area (Å²) < 4.78 is 0. The molecule has 26 heavy (non-hydrogen) atoms. The smallest absolute Gasteiger partial charge is 0.164 e. The average molecular weight is 365 g/mol. The Balaban J connectivity index is 1.69. The molecule has 0 aromatic heterocycles. The molecule has 9 atom stereocenters. The van der Waals surface area contributed by atoms with Gasteiger partial charge in [-0.1, -0.05) is 20.8 Å². The lowest BCUT2D eigenvalue weighted by Gasteiger charge is -2.63. The zero-order chi connectivity index (χ0) is 18.9. The first-order valence-electron chi connectivity index (χ1n) is 10.7. The van der Waals surface area contributed by atoms with Gasteiger partial charge in [0.05, 0.1) is 12.2 Å². The van der Waals surface area contributed by atoms with Crippen molar-refractivity contribution in [3.05, 3.63) is 0 Å². The number of carbonyl (C=O) groups is 1. The summed E-state index contributed by atoms with van der Waals surface area (Å²) in [5.41, 5.74) is -0.619. The fourth-order valence-electron chi connectivity index (χ4n) is 8.24. The Labute approximate surface area is 157 Å². The molecule has 0 bridgehead atoms. The zero-order valence-electron chi connectivity index (χ0n) is 16.6. The highest BCUT2D eigenvalue weighted by atomic mass is 16.3. The van der Waals surface area contributed by atoms with Gasteiger partial charge in [-0.25, -0.2) is 0 Å². The van der Waals surface area contributed by atoms with Crippen molar-refractivity contribution in [2.75, 3.05) is 6.61 Å². The maximum atomic E-state index is 12.6. The number of rotatable bonds is 2. The number of Topliss-reactive ketones (excluding diaryl/α,β-unsaturated/α-hetero) is 1. The molecule has 4 aliphatic rings. The van der Waals surface area contributed by atoms with Gasteiger partial charge >= 0.3 is 0 Å². The molecule has 4 saturated carbocycles. The topological polar surface area (TPSA) is 77.8 Å². The highest BCUT2D eigenvalue weighted by Gasteiger charge is 2.67. The molecule has 0 heterocycles. The summed E-state index contributed by atoms with van der Waals surface area (Å²) in [6.07, 6.45) is 6.98. The zero-order valence-corrected chi connectivity index (χ0v) is 16.6. The van der Waals surface area contributed by atoms with Crippen molar-refractivity contribution in [3.63, 3.8) is 0 Å². The third-order valence-electron chi connectivity index (χ3n) is 9.93. The molecule has 4 rings (SSSR count). The molecule has 0 amide bonds.